The van der Waals surface area contributed by atoms with Crippen molar-refractivity contribution in [1.82, 2.24) is 5.06 Å². The van der Waals surface area contributed by atoms with E-state index in [-0.39, 0.29) is 19.0 Å². The molecular weight excluding hydrogens is 465 g/mol. The van der Waals surface area contributed by atoms with Gasteiger partial charge in [0.05, 0.1) is 26.3 Å². The summed E-state index contributed by atoms with van der Waals surface area (Å²) >= 11 is 0. The second-order valence-corrected chi connectivity index (χ2v) is 7.81. The maximum absolute atomic E-state index is 13.3. The second-order valence-electron chi connectivity index (χ2n) is 7.81. The molecule has 190 valence electrons. The molecule has 0 aliphatic heterocycles. The van der Waals surface area contributed by atoms with Crippen LogP contribution in [0, 0.1) is 5.82 Å². The summed E-state index contributed by atoms with van der Waals surface area (Å²) in [6, 6.07) is 19.9. The molecule has 0 aliphatic carbocycles. The number of rotatable bonds is 12. The van der Waals surface area contributed by atoms with E-state index in [1.807, 2.05) is 19.1 Å². The third kappa shape index (κ3) is 7.56. The Balaban J connectivity index is 1.59. The highest BCUT2D eigenvalue weighted by Gasteiger charge is 2.16. The van der Waals surface area contributed by atoms with E-state index in [2.05, 4.69) is 0 Å². The number of hydroxylamine groups is 2. The number of nitrogens with zero attached hydrogens (tertiary/aromatic N) is 1. The largest absolute Gasteiger partial charge is 0.493 e. The van der Waals surface area contributed by atoms with Crippen LogP contribution in [0.5, 0.6) is 17.2 Å². The molecule has 0 aromatic heterocycles. The molecule has 0 aliphatic rings. The SMILES string of the molecule is CCN(CC(O)COc1ccc(/C=C(/C(=O)OC)c2ccc(F)cc2)cc1)Oc1ccccc1OC. The Hall–Kier alpha value is -3.88. The molecule has 0 saturated heterocycles. The minimum Gasteiger partial charge on any atom is -0.493 e. The Morgan fingerprint density at radius 1 is 1.00 bits per heavy atom. The highest BCUT2D eigenvalue weighted by Crippen LogP contribution is 2.27. The molecule has 0 heterocycles. The molecule has 3 aromatic rings. The van der Waals surface area contributed by atoms with E-state index in [1.54, 1.807) is 54.6 Å². The van der Waals surface area contributed by atoms with Gasteiger partial charge in [-0.3, -0.25) is 0 Å². The van der Waals surface area contributed by atoms with Crippen LogP contribution in [0.15, 0.2) is 72.8 Å². The van der Waals surface area contributed by atoms with E-state index >= 15 is 0 Å². The van der Waals surface area contributed by atoms with Gasteiger partial charge in [-0.25, -0.2) is 9.18 Å². The van der Waals surface area contributed by atoms with Crippen LogP contribution in [-0.4, -0.2) is 56.2 Å². The predicted molar refractivity (Wildman–Crippen MR) is 135 cm³/mol. The molecule has 0 radical (unpaired) electrons. The van der Waals surface area contributed by atoms with Crippen LogP contribution in [0.25, 0.3) is 11.6 Å². The first-order valence-electron chi connectivity index (χ1n) is 11.5. The first-order valence-corrected chi connectivity index (χ1v) is 11.5. The summed E-state index contributed by atoms with van der Waals surface area (Å²) in [5.74, 6) is 0.804. The number of carbonyl (C=O) groups excluding carboxylic acids is 1. The Kier molecular flexibility index (Phi) is 9.85. The number of esters is 1. The summed E-state index contributed by atoms with van der Waals surface area (Å²) in [5.41, 5.74) is 1.58. The van der Waals surface area contributed by atoms with Crippen LogP contribution in [0.1, 0.15) is 18.1 Å². The number of hydrogen-bond acceptors (Lipinski definition) is 7. The van der Waals surface area contributed by atoms with Crippen molar-refractivity contribution in [1.29, 1.82) is 0 Å². The standard InChI is InChI=1S/C28H30FNO6/c1-4-30(36-27-8-6-5-7-26(27)33-2)18-23(31)19-35-24-15-9-20(10-16-24)17-25(28(32)34-3)21-11-13-22(29)14-12-21/h5-17,23,31H,4,18-19H2,1-3H3/b25-17+. The molecule has 36 heavy (non-hydrogen) atoms. The number of aliphatic hydroxyl groups is 1. The lowest BCUT2D eigenvalue weighted by Gasteiger charge is -2.24. The number of methoxy groups -OCH3 is 2. The molecular formula is C28H30FNO6. The third-order valence-electron chi connectivity index (χ3n) is 5.26. The Labute approximate surface area is 210 Å². The molecule has 0 amide bonds. The summed E-state index contributed by atoms with van der Waals surface area (Å²) in [7, 11) is 2.87. The van der Waals surface area contributed by atoms with Crippen LogP contribution in [-0.2, 0) is 9.53 Å². The molecule has 1 unspecified atom stereocenters. The number of aliphatic hydroxyl groups excluding tert-OH is 1. The lowest BCUT2D eigenvalue weighted by Crippen LogP contribution is -2.37. The van der Waals surface area contributed by atoms with Gasteiger partial charge in [-0.15, -0.1) is 5.06 Å². The molecule has 1 N–H and O–H groups in total. The van der Waals surface area contributed by atoms with Crippen molar-refractivity contribution < 1.29 is 33.3 Å². The maximum atomic E-state index is 13.3. The van der Waals surface area contributed by atoms with Crippen molar-refractivity contribution in [3.8, 4) is 17.2 Å². The van der Waals surface area contributed by atoms with Crippen molar-refractivity contribution in [2.24, 2.45) is 0 Å². The Morgan fingerprint density at radius 3 is 2.28 bits per heavy atom. The molecule has 8 heteroatoms. The summed E-state index contributed by atoms with van der Waals surface area (Å²) in [6.45, 7) is 2.76. The zero-order valence-corrected chi connectivity index (χ0v) is 20.5. The van der Waals surface area contributed by atoms with Crippen molar-refractivity contribution in [2.45, 2.75) is 13.0 Å². The topological polar surface area (TPSA) is 77.5 Å². The van der Waals surface area contributed by atoms with Crippen LogP contribution in [0.3, 0.4) is 0 Å². The molecule has 3 aromatic carbocycles. The first kappa shape index (κ1) is 26.7. The number of benzene rings is 3. The van der Waals surface area contributed by atoms with E-state index in [1.165, 1.54) is 31.4 Å². The number of carbonyl (C=O) groups is 1. The van der Waals surface area contributed by atoms with Crippen LogP contribution >= 0.6 is 0 Å². The fourth-order valence-corrected chi connectivity index (χ4v) is 3.37. The van der Waals surface area contributed by atoms with Crippen LogP contribution in [0.4, 0.5) is 4.39 Å². The van der Waals surface area contributed by atoms with Gasteiger partial charge in [0, 0.05) is 6.54 Å². The number of halogens is 1. The molecule has 3 rings (SSSR count). The molecule has 7 nitrogen and oxygen atoms in total. The summed E-state index contributed by atoms with van der Waals surface area (Å²) < 4.78 is 29.2. The van der Waals surface area contributed by atoms with E-state index in [4.69, 9.17) is 19.0 Å². The number of para-hydroxylation sites is 2. The van der Waals surface area contributed by atoms with Gasteiger partial charge in [0.1, 0.15) is 24.3 Å². The smallest absolute Gasteiger partial charge is 0.338 e. The van der Waals surface area contributed by atoms with Gasteiger partial charge in [-0.05, 0) is 60.5 Å². The zero-order chi connectivity index (χ0) is 25.9. The normalized spacial score (nSPS) is 12.2. The Morgan fingerprint density at radius 2 is 1.67 bits per heavy atom. The molecule has 0 fully saturated rings. The monoisotopic (exact) mass is 495 g/mol. The molecule has 0 saturated carbocycles. The summed E-state index contributed by atoms with van der Waals surface area (Å²) in [4.78, 5) is 18.1. The summed E-state index contributed by atoms with van der Waals surface area (Å²) in [5, 5.41) is 12.1. The van der Waals surface area contributed by atoms with Gasteiger partial charge in [0.25, 0.3) is 0 Å². The van der Waals surface area contributed by atoms with Gasteiger partial charge in [0.15, 0.2) is 11.5 Å². The Bertz CT molecular complexity index is 1150. The fraction of sp³-hybridized carbons (Fsp3) is 0.250. The third-order valence-corrected chi connectivity index (χ3v) is 5.26. The lowest BCUT2D eigenvalue weighted by molar-refractivity contribution is -0.133. The van der Waals surface area contributed by atoms with Gasteiger partial charge in [-0.2, -0.15) is 0 Å². The fourth-order valence-electron chi connectivity index (χ4n) is 3.37. The average Bonchev–Trinajstić information content (AvgIpc) is 2.91. The first-order chi connectivity index (χ1) is 17.4. The lowest BCUT2D eigenvalue weighted by atomic mass is 10.0. The minimum atomic E-state index is -0.802. The van der Waals surface area contributed by atoms with E-state index in [0.29, 0.717) is 34.9 Å². The predicted octanol–water partition coefficient (Wildman–Crippen LogP) is 4.60. The van der Waals surface area contributed by atoms with Gasteiger partial charge in [-0.1, -0.05) is 36.4 Å². The van der Waals surface area contributed by atoms with Crippen molar-refractivity contribution in [2.75, 3.05) is 33.9 Å². The number of likely N-dealkylation sites (N-methyl/N-ethyl adjacent to an activating group) is 1. The molecule has 0 bridgehead atoms. The van der Waals surface area contributed by atoms with E-state index < -0.39 is 12.1 Å². The maximum Gasteiger partial charge on any atom is 0.338 e. The van der Waals surface area contributed by atoms with Crippen molar-refractivity contribution >= 4 is 17.6 Å². The highest BCUT2D eigenvalue weighted by molar-refractivity contribution is 6.21. The van der Waals surface area contributed by atoms with Crippen molar-refractivity contribution in [3.63, 3.8) is 0 Å². The average molecular weight is 496 g/mol. The highest BCUT2D eigenvalue weighted by atomic mass is 19.1. The zero-order valence-electron chi connectivity index (χ0n) is 20.5. The van der Waals surface area contributed by atoms with Crippen LogP contribution in [0.2, 0.25) is 0 Å². The minimum absolute atomic E-state index is 0.0595. The molecule has 0 spiro atoms. The van der Waals surface area contributed by atoms with Gasteiger partial charge < -0.3 is 24.2 Å². The quantitative estimate of drug-likeness (QED) is 0.170. The summed E-state index contributed by atoms with van der Waals surface area (Å²) in [6.07, 6.45) is 0.857. The van der Waals surface area contributed by atoms with Gasteiger partial charge in [0.2, 0.25) is 0 Å². The van der Waals surface area contributed by atoms with Gasteiger partial charge >= 0.3 is 5.97 Å². The van der Waals surface area contributed by atoms with Crippen LogP contribution < -0.4 is 14.3 Å². The second kappa shape index (κ2) is 13.3. The number of hydrogen-bond donors (Lipinski definition) is 1. The van der Waals surface area contributed by atoms with Crippen molar-refractivity contribution in [3.05, 3.63) is 89.7 Å². The van der Waals surface area contributed by atoms with E-state index in [9.17, 15) is 14.3 Å². The van der Waals surface area contributed by atoms with E-state index in [0.717, 1.165) is 5.56 Å². The number of ether oxygens (including phenoxy) is 3. The molecule has 1 atom stereocenters.